The van der Waals surface area contributed by atoms with Crippen LogP contribution in [0.1, 0.15) is 16.1 Å². The zero-order valence-corrected chi connectivity index (χ0v) is 10.5. The van der Waals surface area contributed by atoms with E-state index in [0.29, 0.717) is 16.9 Å². The van der Waals surface area contributed by atoms with Crippen molar-refractivity contribution in [2.24, 2.45) is 0 Å². The van der Waals surface area contributed by atoms with Crippen LogP contribution in [0, 0.1) is 11.3 Å². The summed E-state index contributed by atoms with van der Waals surface area (Å²) >= 11 is 1.41. The Morgan fingerprint density at radius 1 is 1.47 bits per heavy atom. The molecule has 0 fully saturated rings. The van der Waals surface area contributed by atoms with Crippen molar-refractivity contribution in [1.29, 1.82) is 5.26 Å². The van der Waals surface area contributed by atoms with Crippen molar-refractivity contribution in [1.82, 2.24) is 9.38 Å². The lowest BCUT2D eigenvalue weighted by Gasteiger charge is -2.04. The van der Waals surface area contributed by atoms with Gasteiger partial charge in [-0.15, -0.1) is 11.3 Å². The van der Waals surface area contributed by atoms with Gasteiger partial charge in [0.25, 0.3) is 5.91 Å². The van der Waals surface area contributed by atoms with E-state index < -0.39 is 0 Å². The number of aromatic nitrogens is 2. The molecule has 1 amide bonds. The molecule has 19 heavy (non-hydrogen) atoms. The molecule has 0 atom stereocenters. The van der Waals surface area contributed by atoms with Crippen LogP contribution in [0.3, 0.4) is 0 Å². The third kappa shape index (κ3) is 2.07. The van der Waals surface area contributed by atoms with Crippen LogP contribution in [0.25, 0.3) is 4.96 Å². The van der Waals surface area contributed by atoms with Gasteiger partial charge in [-0.3, -0.25) is 9.20 Å². The summed E-state index contributed by atoms with van der Waals surface area (Å²) in [6.07, 6.45) is 3.39. The van der Waals surface area contributed by atoms with Crippen molar-refractivity contribution in [2.45, 2.75) is 0 Å². The van der Waals surface area contributed by atoms with E-state index in [-0.39, 0.29) is 5.91 Å². The van der Waals surface area contributed by atoms with Crippen molar-refractivity contribution < 1.29 is 4.79 Å². The molecule has 0 bridgehead atoms. The summed E-state index contributed by atoms with van der Waals surface area (Å²) in [6, 6.07) is 8.84. The van der Waals surface area contributed by atoms with Crippen LogP contribution in [0.5, 0.6) is 0 Å². The monoisotopic (exact) mass is 268 g/mol. The van der Waals surface area contributed by atoms with Gasteiger partial charge in [-0.2, -0.15) is 5.26 Å². The Morgan fingerprint density at radius 2 is 2.37 bits per heavy atom. The second-order valence-electron chi connectivity index (χ2n) is 3.85. The number of carbonyl (C=O) groups is 1. The molecule has 0 aliphatic heterocycles. The van der Waals surface area contributed by atoms with E-state index in [0.717, 1.165) is 4.96 Å². The number of carbonyl (C=O) groups excluding carboxylic acids is 1. The minimum atomic E-state index is -0.223. The molecule has 1 aromatic carbocycles. The van der Waals surface area contributed by atoms with Gasteiger partial charge < -0.3 is 5.32 Å². The maximum Gasteiger partial charge on any atom is 0.273 e. The van der Waals surface area contributed by atoms with Crippen molar-refractivity contribution in [3.63, 3.8) is 0 Å². The molecule has 5 nitrogen and oxygen atoms in total. The summed E-state index contributed by atoms with van der Waals surface area (Å²) in [7, 11) is 0. The molecular weight excluding hydrogens is 260 g/mol. The van der Waals surface area contributed by atoms with E-state index in [1.54, 1.807) is 46.4 Å². The lowest BCUT2D eigenvalue weighted by atomic mass is 10.2. The van der Waals surface area contributed by atoms with Crippen LogP contribution in [0.2, 0.25) is 0 Å². The summed E-state index contributed by atoms with van der Waals surface area (Å²) in [5.74, 6) is -0.223. The first-order chi connectivity index (χ1) is 9.28. The van der Waals surface area contributed by atoms with Crippen molar-refractivity contribution in [2.75, 3.05) is 5.32 Å². The molecule has 1 N–H and O–H groups in total. The van der Waals surface area contributed by atoms with Crippen LogP contribution in [-0.2, 0) is 0 Å². The van der Waals surface area contributed by atoms with Crippen LogP contribution >= 0.6 is 11.3 Å². The number of benzene rings is 1. The van der Waals surface area contributed by atoms with Crippen LogP contribution in [-0.4, -0.2) is 15.3 Å². The standard InChI is InChI=1S/C13H8N4OS/c14-7-9-2-1-3-10(6-9)16-12(18)11-8-19-13-15-4-5-17(11)13/h1-6,8H,(H,16,18). The molecule has 0 aliphatic rings. The predicted octanol–water partition coefficient (Wildman–Crippen LogP) is 2.52. The van der Waals surface area contributed by atoms with Gasteiger partial charge in [-0.25, -0.2) is 4.98 Å². The first-order valence-corrected chi connectivity index (χ1v) is 6.38. The lowest BCUT2D eigenvalue weighted by molar-refractivity contribution is 0.102. The number of rotatable bonds is 2. The Hall–Kier alpha value is -2.65. The quantitative estimate of drug-likeness (QED) is 0.776. The number of nitrogens with zero attached hydrogens (tertiary/aromatic N) is 3. The number of anilines is 1. The molecule has 92 valence electrons. The smallest absolute Gasteiger partial charge is 0.273 e. The molecule has 0 saturated heterocycles. The van der Waals surface area contributed by atoms with E-state index in [9.17, 15) is 4.79 Å². The highest BCUT2D eigenvalue weighted by molar-refractivity contribution is 7.15. The fraction of sp³-hybridized carbons (Fsp3) is 0. The van der Waals surface area contributed by atoms with Crippen molar-refractivity contribution in [3.05, 3.63) is 53.3 Å². The van der Waals surface area contributed by atoms with Crippen LogP contribution < -0.4 is 5.32 Å². The molecule has 2 aromatic heterocycles. The Balaban J connectivity index is 1.89. The molecule has 0 spiro atoms. The summed E-state index contributed by atoms with van der Waals surface area (Å²) in [5.41, 5.74) is 1.64. The average Bonchev–Trinajstić information content (AvgIpc) is 3.01. The number of hydrogen-bond donors (Lipinski definition) is 1. The molecule has 0 saturated carbocycles. The lowest BCUT2D eigenvalue weighted by Crippen LogP contribution is -2.13. The topological polar surface area (TPSA) is 70.2 Å². The largest absolute Gasteiger partial charge is 0.321 e. The average molecular weight is 268 g/mol. The maximum atomic E-state index is 12.2. The molecule has 3 aromatic rings. The fourth-order valence-corrected chi connectivity index (χ4v) is 2.58. The molecule has 6 heteroatoms. The minimum Gasteiger partial charge on any atom is -0.321 e. The highest BCUT2D eigenvalue weighted by atomic mass is 32.1. The van der Waals surface area contributed by atoms with Gasteiger partial charge in [0, 0.05) is 23.5 Å². The first kappa shape index (κ1) is 11.4. The third-order valence-electron chi connectivity index (χ3n) is 2.62. The molecule has 0 unspecified atom stereocenters. The molecular formula is C13H8N4OS. The van der Waals surface area contributed by atoms with Crippen LogP contribution in [0.15, 0.2) is 42.0 Å². The number of fused-ring (bicyclic) bond motifs is 1. The molecule has 2 heterocycles. The molecule has 0 radical (unpaired) electrons. The van der Waals surface area contributed by atoms with Crippen molar-refractivity contribution in [3.8, 4) is 6.07 Å². The summed E-state index contributed by atoms with van der Waals surface area (Å²) in [6.45, 7) is 0. The second-order valence-corrected chi connectivity index (χ2v) is 4.68. The number of thiazole rings is 1. The highest BCUT2D eigenvalue weighted by Gasteiger charge is 2.12. The second kappa shape index (κ2) is 4.55. The minimum absolute atomic E-state index is 0.223. The Labute approximate surface area is 112 Å². The molecule has 0 aliphatic carbocycles. The van der Waals surface area contributed by atoms with E-state index in [2.05, 4.69) is 10.3 Å². The van der Waals surface area contributed by atoms with Gasteiger partial charge in [0.2, 0.25) is 0 Å². The Kier molecular flexibility index (Phi) is 2.74. The summed E-state index contributed by atoms with van der Waals surface area (Å²) < 4.78 is 1.73. The van der Waals surface area contributed by atoms with Crippen LogP contribution in [0.4, 0.5) is 5.69 Å². The van der Waals surface area contributed by atoms with Gasteiger partial charge in [-0.05, 0) is 18.2 Å². The van der Waals surface area contributed by atoms with Gasteiger partial charge in [0.15, 0.2) is 4.96 Å². The van der Waals surface area contributed by atoms with Gasteiger partial charge in [-0.1, -0.05) is 6.07 Å². The number of amides is 1. The number of imidazole rings is 1. The Morgan fingerprint density at radius 3 is 3.21 bits per heavy atom. The highest BCUT2D eigenvalue weighted by Crippen LogP contribution is 2.17. The maximum absolute atomic E-state index is 12.2. The normalized spacial score (nSPS) is 10.3. The predicted molar refractivity (Wildman–Crippen MR) is 72.2 cm³/mol. The van der Waals surface area contributed by atoms with Gasteiger partial charge in [0.05, 0.1) is 11.6 Å². The zero-order chi connectivity index (χ0) is 13.2. The van der Waals surface area contributed by atoms with Gasteiger partial charge in [0.1, 0.15) is 5.69 Å². The number of hydrogen-bond acceptors (Lipinski definition) is 4. The van der Waals surface area contributed by atoms with E-state index in [1.807, 2.05) is 6.07 Å². The summed E-state index contributed by atoms with van der Waals surface area (Å²) in [5, 5.41) is 13.3. The number of nitriles is 1. The van der Waals surface area contributed by atoms with E-state index >= 15 is 0 Å². The van der Waals surface area contributed by atoms with Crippen molar-refractivity contribution >= 4 is 27.9 Å². The Bertz CT molecular complexity index is 796. The first-order valence-electron chi connectivity index (χ1n) is 5.50. The zero-order valence-electron chi connectivity index (χ0n) is 9.70. The number of nitrogens with one attached hydrogen (secondary N) is 1. The molecule has 3 rings (SSSR count). The van der Waals surface area contributed by atoms with E-state index in [4.69, 9.17) is 5.26 Å². The summed E-state index contributed by atoms with van der Waals surface area (Å²) in [4.78, 5) is 17.0. The third-order valence-corrected chi connectivity index (χ3v) is 3.48. The van der Waals surface area contributed by atoms with Gasteiger partial charge >= 0.3 is 0 Å². The van der Waals surface area contributed by atoms with E-state index in [1.165, 1.54) is 11.3 Å². The fourth-order valence-electron chi connectivity index (χ4n) is 1.75. The SMILES string of the molecule is N#Cc1cccc(NC(=O)c2csc3nccn23)c1.